The molecule has 3 heteroatoms. The molecule has 0 amide bonds. The maximum atomic E-state index is 12.5. The molecule has 0 N–H and O–H groups in total. The zero-order chi connectivity index (χ0) is 15.9. The van der Waals surface area contributed by atoms with Gasteiger partial charge < -0.3 is 9.47 Å². The molecule has 23 heavy (non-hydrogen) atoms. The number of rotatable bonds is 0. The van der Waals surface area contributed by atoms with E-state index in [4.69, 9.17) is 9.47 Å². The monoisotopic (exact) mass is 318 g/mol. The van der Waals surface area contributed by atoms with Gasteiger partial charge in [0.2, 0.25) is 0 Å². The Labute approximate surface area is 139 Å². The highest BCUT2D eigenvalue weighted by Gasteiger charge is 2.65. The number of hydrogen-bond donors (Lipinski definition) is 0. The van der Waals surface area contributed by atoms with Crippen LogP contribution in [0.5, 0.6) is 0 Å². The number of carbonyl (C=O) groups is 1. The van der Waals surface area contributed by atoms with Crippen LogP contribution in [0.25, 0.3) is 0 Å². The molecule has 1 aliphatic heterocycles. The molecule has 4 saturated carbocycles. The zero-order valence-electron chi connectivity index (χ0n) is 14.6. The minimum atomic E-state index is -0.263. The van der Waals surface area contributed by atoms with Gasteiger partial charge in [0.15, 0.2) is 5.79 Å². The maximum Gasteiger partial charge on any atom is 0.169 e. The van der Waals surface area contributed by atoms with Gasteiger partial charge in [0.1, 0.15) is 5.78 Å². The predicted molar refractivity (Wildman–Crippen MR) is 86.8 cm³/mol. The molecule has 1 spiro atoms. The van der Waals surface area contributed by atoms with E-state index in [1.807, 2.05) is 0 Å². The van der Waals surface area contributed by atoms with Gasteiger partial charge in [-0.15, -0.1) is 0 Å². The fourth-order valence-corrected chi connectivity index (χ4v) is 7.66. The Morgan fingerprint density at radius 2 is 1.78 bits per heavy atom. The molecule has 5 fully saturated rings. The first-order chi connectivity index (χ1) is 11.0. The maximum absolute atomic E-state index is 12.5. The third-order valence-corrected chi connectivity index (χ3v) is 8.80. The van der Waals surface area contributed by atoms with Gasteiger partial charge in [-0.2, -0.15) is 0 Å². The molecule has 0 aromatic heterocycles. The van der Waals surface area contributed by atoms with E-state index in [9.17, 15) is 4.79 Å². The minimum absolute atomic E-state index is 0.00101. The Morgan fingerprint density at radius 1 is 1.00 bits per heavy atom. The normalized spacial score (nSPS) is 54.1. The van der Waals surface area contributed by atoms with Gasteiger partial charge in [0, 0.05) is 24.7 Å². The molecule has 0 aromatic carbocycles. The topological polar surface area (TPSA) is 35.5 Å². The van der Waals surface area contributed by atoms with Crippen LogP contribution >= 0.6 is 0 Å². The van der Waals surface area contributed by atoms with Crippen molar-refractivity contribution in [3.63, 3.8) is 0 Å². The number of ether oxygens (including phenoxy) is 2. The summed E-state index contributed by atoms with van der Waals surface area (Å²) in [6.45, 7) is 6.34. The Hall–Kier alpha value is -0.410. The highest BCUT2D eigenvalue weighted by molar-refractivity contribution is 5.87. The van der Waals surface area contributed by atoms with Crippen molar-refractivity contribution in [2.45, 2.75) is 71.0 Å². The highest BCUT2D eigenvalue weighted by Crippen LogP contribution is 2.68. The van der Waals surface area contributed by atoms with Crippen LogP contribution in [0.15, 0.2) is 0 Å². The first-order valence-corrected chi connectivity index (χ1v) is 9.78. The Morgan fingerprint density at radius 3 is 2.57 bits per heavy atom. The SMILES string of the molecule is CC12CCC3C(CCC4CC5(CC43C)OCCO5)C1CCC2=O. The molecule has 5 rings (SSSR count). The lowest BCUT2D eigenvalue weighted by Gasteiger charge is -2.56. The molecular weight excluding hydrogens is 288 g/mol. The van der Waals surface area contributed by atoms with E-state index in [2.05, 4.69) is 13.8 Å². The molecule has 3 nitrogen and oxygen atoms in total. The number of carbonyl (C=O) groups excluding carboxylic acids is 1. The summed E-state index contributed by atoms with van der Waals surface area (Å²) in [5.74, 6) is 3.23. The lowest BCUT2D eigenvalue weighted by Crippen LogP contribution is -2.50. The molecule has 5 aliphatic rings. The molecule has 1 heterocycles. The van der Waals surface area contributed by atoms with E-state index in [0.717, 1.165) is 63.1 Å². The average Bonchev–Trinajstić information content (AvgIpc) is 3.16. The van der Waals surface area contributed by atoms with Crippen LogP contribution in [0, 0.1) is 34.5 Å². The van der Waals surface area contributed by atoms with Crippen LogP contribution < -0.4 is 0 Å². The van der Waals surface area contributed by atoms with Crippen LogP contribution in [0.3, 0.4) is 0 Å². The van der Waals surface area contributed by atoms with Gasteiger partial charge in [-0.05, 0) is 61.2 Å². The Balaban J connectivity index is 1.47. The van der Waals surface area contributed by atoms with Gasteiger partial charge in [-0.1, -0.05) is 13.8 Å². The molecule has 6 atom stereocenters. The lowest BCUT2D eigenvalue weighted by molar-refractivity contribution is -0.162. The summed E-state index contributed by atoms with van der Waals surface area (Å²) in [6, 6.07) is 0. The molecule has 4 aliphatic carbocycles. The summed E-state index contributed by atoms with van der Waals surface area (Å²) < 4.78 is 12.2. The molecule has 0 bridgehead atoms. The van der Waals surface area contributed by atoms with Crippen molar-refractivity contribution in [1.82, 2.24) is 0 Å². The fourth-order valence-electron chi connectivity index (χ4n) is 7.66. The van der Waals surface area contributed by atoms with Crippen LogP contribution in [-0.2, 0) is 14.3 Å². The molecule has 6 unspecified atom stereocenters. The van der Waals surface area contributed by atoms with Crippen molar-refractivity contribution in [2.75, 3.05) is 13.2 Å². The lowest BCUT2D eigenvalue weighted by atomic mass is 9.48. The third kappa shape index (κ3) is 1.81. The first kappa shape index (κ1) is 14.9. The first-order valence-electron chi connectivity index (χ1n) is 9.78. The van der Waals surface area contributed by atoms with E-state index in [0.29, 0.717) is 17.1 Å². The van der Waals surface area contributed by atoms with E-state index in [-0.39, 0.29) is 11.2 Å². The Kier molecular flexibility index (Phi) is 2.98. The van der Waals surface area contributed by atoms with Crippen molar-refractivity contribution in [2.24, 2.45) is 34.5 Å². The van der Waals surface area contributed by atoms with Crippen molar-refractivity contribution in [3.8, 4) is 0 Å². The number of Topliss-reactive ketones (excluding diaryl/α,β-unsaturated/α-hetero) is 1. The summed E-state index contributed by atoms with van der Waals surface area (Å²) in [7, 11) is 0. The molecule has 128 valence electrons. The Bertz CT molecular complexity index is 537. The molecule has 0 radical (unpaired) electrons. The smallest absolute Gasteiger partial charge is 0.169 e. The van der Waals surface area contributed by atoms with E-state index in [1.54, 1.807) is 0 Å². The summed E-state index contributed by atoms with van der Waals surface area (Å²) in [5, 5.41) is 0. The van der Waals surface area contributed by atoms with Gasteiger partial charge in [0.25, 0.3) is 0 Å². The van der Waals surface area contributed by atoms with Gasteiger partial charge in [-0.25, -0.2) is 0 Å². The molecule has 1 saturated heterocycles. The van der Waals surface area contributed by atoms with Crippen molar-refractivity contribution in [3.05, 3.63) is 0 Å². The van der Waals surface area contributed by atoms with Crippen molar-refractivity contribution in [1.29, 1.82) is 0 Å². The summed E-state index contributed by atoms with van der Waals surface area (Å²) in [6.07, 6.45) is 9.18. The highest BCUT2D eigenvalue weighted by atomic mass is 16.7. The van der Waals surface area contributed by atoms with Gasteiger partial charge in [0.05, 0.1) is 13.2 Å². The second-order valence-corrected chi connectivity index (χ2v) is 9.56. The zero-order valence-corrected chi connectivity index (χ0v) is 14.6. The number of hydrogen-bond acceptors (Lipinski definition) is 3. The van der Waals surface area contributed by atoms with Crippen LogP contribution in [0.1, 0.15) is 65.2 Å². The van der Waals surface area contributed by atoms with E-state index >= 15 is 0 Å². The fraction of sp³-hybridized carbons (Fsp3) is 0.950. The minimum Gasteiger partial charge on any atom is -0.348 e. The van der Waals surface area contributed by atoms with Gasteiger partial charge in [-0.3, -0.25) is 4.79 Å². The summed E-state index contributed by atoms with van der Waals surface area (Å²) in [4.78, 5) is 12.5. The van der Waals surface area contributed by atoms with Crippen molar-refractivity contribution >= 4 is 5.78 Å². The van der Waals surface area contributed by atoms with Crippen LogP contribution in [0.2, 0.25) is 0 Å². The molecular formula is C20H30O3. The second kappa shape index (κ2) is 4.60. The van der Waals surface area contributed by atoms with Gasteiger partial charge >= 0.3 is 0 Å². The number of fused-ring (bicyclic) bond motifs is 5. The largest absolute Gasteiger partial charge is 0.348 e. The second-order valence-electron chi connectivity index (χ2n) is 9.56. The van der Waals surface area contributed by atoms with E-state index < -0.39 is 0 Å². The average molecular weight is 318 g/mol. The third-order valence-electron chi connectivity index (χ3n) is 8.80. The predicted octanol–water partition coefficient (Wildman–Crippen LogP) is 3.95. The summed E-state index contributed by atoms with van der Waals surface area (Å²) in [5.41, 5.74) is 0.362. The van der Waals surface area contributed by atoms with Crippen LogP contribution in [0.4, 0.5) is 0 Å². The number of ketones is 1. The summed E-state index contributed by atoms with van der Waals surface area (Å²) >= 11 is 0. The quantitative estimate of drug-likeness (QED) is 0.678. The van der Waals surface area contributed by atoms with Crippen molar-refractivity contribution < 1.29 is 14.3 Å². The standard InChI is InChI=1S/C20H30O3/c1-18-8-7-16-14(15(18)5-6-17(18)21)4-3-13-11-20(12-19(13,16)2)22-9-10-23-20/h13-16H,3-12H2,1-2H3. The van der Waals surface area contributed by atoms with E-state index in [1.165, 1.54) is 19.3 Å². The molecule has 0 aromatic rings. The van der Waals surface area contributed by atoms with Crippen LogP contribution in [-0.4, -0.2) is 24.8 Å².